The molecule has 0 amide bonds. The highest BCUT2D eigenvalue weighted by Crippen LogP contribution is 2.15. The molecule has 0 aliphatic carbocycles. The lowest BCUT2D eigenvalue weighted by Gasteiger charge is -2.34. The van der Waals surface area contributed by atoms with Crippen LogP contribution < -0.4 is 0 Å². The van der Waals surface area contributed by atoms with Gasteiger partial charge in [0.25, 0.3) is 0 Å². The second kappa shape index (κ2) is 23.6. The van der Waals surface area contributed by atoms with E-state index in [1.54, 1.807) is 97.8 Å². The van der Waals surface area contributed by atoms with Crippen molar-refractivity contribution in [1.82, 2.24) is 14.7 Å². The number of carbonyl (C=O) groups is 5. The molecule has 1 rings (SSSR count). The van der Waals surface area contributed by atoms with E-state index in [0.717, 1.165) is 5.56 Å². The van der Waals surface area contributed by atoms with Crippen molar-refractivity contribution < 1.29 is 57.1 Å². The Balaban J connectivity index is 3.48. The molecule has 0 fully saturated rings. The SMILES string of the molecule is COCCOCC(C(=O)OC(C)(C)C)N(CCN(CCN(CC(=O)OC(C)(C)C)CC(=O)OC(C)(C)C)CC(=O)OCc1ccccc1)CC(=O)OC(C)(C)C. The van der Waals surface area contributed by atoms with E-state index in [2.05, 4.69) is 0 Å². The summed E-state index contributed by atoms with van der Waals surface area (Å²) < 4.78 is 39.0. The van der Waals surface area contributed by atoms with Crippen LogP contribution in [0.25, 0.3) is 0 Å². The number of esters is 5. The number of benzene rings is 1. The van der Waals surface area contributed by atoms with Crippen LogP contribution in [0.3, 0.4) is 0 Å². The van der Waals surface area contributed by atoms with E-state index in [1.807, 2.05) is 30.3 Å². The molecule has 0 spiro atoms. The first-order valence-electron chi connectivity index (χ1n) is 19.1. The molecule has 1 aromatic rings. The van der Waals surface area contributed by atoms with E-state index in [1.165, 1.54) is 7.11 Å². The zero-order valence-electron chi connectivity index (χ0n) is 36.2. The number of carbonyl (C=O) groups excluding carboxylic acids is 5. The molecule has 0 aliphatic heterocycles. The summed E-state index contributed by atoms with van der Waals surface area (Å²) in [6, 6.07) is 8.22. The molecule has 0 aromatic heterocycles. The summed E-state index contributed by atoms with van der Waals surface area (Å²) in [6.45, 7) is 21.1. The van der Waals surface area contributed by atoms with Gasteiger partial charge in [-0.1, -0.05) is 30.3 Å². The number of ether oxygens (including phenoxy) is 7. The summed E-state index contributed by atoms with van der Waals surface area (Å²) in [5.74, 6) is -2.77. The predicted molar refractivity (Wildman–Crippen MR) is 211 cm³/mol. The maximum absolute atomic E-state index is 13.7. The van der Waals surface area contributed by atoms with E-state index in [4.69, 9.17) is 33.2 Å². The summed E-state index contributed by atoms with van der Waals surface area (Å²) in [5, 5.41) is 0. The van der Waals surface area contributed by atoms with Crippen LogP contribution in [-0.2, 0) is 63.7 Å². The van der Waals surface area contributed by atoms with E-state index in [-0.39, 0.29) is 78.8 Å². The van der Waals surface area contributed by atoms with Crippen molar-refractivity contribution in [3.63, 3.8) is 0 Å². The highest BCUT2D eigenvalue weighted by molar-refractivity contribution is 5.78. The second-order valence-corrected chi connectivity index (χ2v) is 17.5. The van der Waals surface area contributed by atoms with Crippen molar-refractivity contribution in [3.05, 3.63) is 35.9 Å². The quantitative estimate of drug-likeness (QED) is 0.0887. The van der Waals surface area contributed by atoms with Gasteiger partial charge in [-0.05, 0) is 88.6 Å². The van der Waals surface area contributed by atoms with Crippen LogP contribution in [0.4, 0.5) is 0 Å². The Morgan fingerprint density at radius 2 is 1.00 bits per heavy atom. The minimum absolute atomic E-state index is 0.0568. The third kappa shape index (κ3) is 25.5. The van der Waals surface area contributed by atoms with Gasteiger partial charge in [0.05, 0.1) is 46.0 Å². The Bertz CT molecular complexity index is 1330. The first kappa shape index (κ1) is 50.4. The van der Waals surface area contributed by atoms with E-state index in [9.17, 15) is 24.0 Å². The molecule has 0 heterocycles. The molecular formula is C41H69N3O12. The van der Waals surface area contributed by atoms with Gasteiger partial charge in [0, 0.05) is 33.3 Å². The Morgan fingerprint density at radius 1 is 0.554 bits per heavy atom. The fraction of sp³-hybridized carbons (Fsp3) is 0.732. The number of hydrogen-bond donors (Lipinski definition) is 0. The largest absolute Gasteiger partial charge is 0.460 e. The molecule has 0 bridgehead atoms. The van der Waals surface area contributed by atoms with Crippen LogP contribution in [0.15, 0.2) is 30.3 Å². The standard InChI is InChI=1S/C41H69N3O12/c1-38(2,3)53-34(46)26-43(27-35(47)54-39(4,5)6)20-19-42(25-33(45)52-29-31-17-15-14-16-18-31)21-22-44(28-36(48)55-40(7,8)9)32(30-51-24-23-50-13)37(49)56-41(10,11)12/h14-18,32H,19-30H2,1-13H3. The van der Waals surface area contributed by atoms with Gasteiger partial charge in [0.2, 0.25) is 0 Å². The van der Waals surface area contributed by atoms with E-state index >= 15 is 0 Å². The van der Waals surface area contributed by atoms with Crippen LogP contribution in [0.1, 0.15) is 88.6 Å². The lowest BCUT2D eigenvalue weighted by atomic mass is 10.1. The zero-order chi connectivity index (χ0) is 42.7. The van der Waals surface area contributed by atoms with Gasteiger partial charge >= 0.3 is 29.8 Å². The molecule has 320 valence electrons. The first-order chi connectivity index (χ1) is 25.7. The summed E-state index contributed by atoms with van der Waals surface area (Å²) >= 11 is 0. The molecule has 1 unspecified atom stereocenters. The number of methoxy groups -OCH3 is 1. The van der Waals surface area contributed by atoms with Gasteiger partial charge in [-0.15, -0.1) is 0 Å². The summed E-state index contributed by atoms with van der Waals surface area (Å²) in [7, 11) is 1.53. The van der Waals surface area contributed by atoms with Crippen molar-refractivity contribution in [2.75, 3.05) is 79.3 Å². The molecule has 15 nitrogen and oxygen atoms in total. The molecule has 0 radical (unpaired) electrons. The van der Waals surface area contributed by atoms with Crippen LogP contribution >= 0.6 is 0 Å². The third-order valence-corrected chi connectivity index (χ3v) is 7.16. The van der Waals surface area contributed by atoms with Crippen LogP contribution in [0, 0.1) is 0 Å². The van der Waals surface area contributed by atoms with E-state index < -0.39 is 58.3 Å². The Kier molecular flexibility index (Phi) is 21.2. The highest BCUT2D eigenvalue weighted by Gasteiger charge is 2.34. The molecule has 1 aromatic carbocycles. The van der Waals surface area contributed by atoms with Gasteiger partial charge in [0.1, 0.15) is 35.1 Å². The molecule has 15 heteroatoms. The molecule has 56 heavy (non-hydrogen) atoms. The smallest absolute Gasteiger partial charge is 0.326 e. The van der Waals surface area contributed by atoms with Gasteiger partial charge in [0.15, 0.2) is 0 Å². The molecule has 0 saturated carbocycles. The molecule has 0 saturated heterocycles. The number of nitrogens with zero attached hydrogens (tertiary/aromatic N) is 3. The van der Waals surface area contributed by atoms with Crippen LogP contribution in [-0.4, -0.2) is 152 Å². The average Bonchev–Trinajstić information content (AvgIpc) is 3.01. The lowest BCUT2D eigenvalue weighted by Crippen LogP contribution is -2.53. The van der Waals surface area contributed by atoms with Gasteiger partial charge in [-0.3, -0.25) is 38.7 Å². The second-order valence-electron chi connectivity index (χ2n) is 17.5. The first-order valence-corrected chi connectivity index (χ1v) is 19.1. The Labute approximate surface area is 334 Å². The van der Waals surface area contributed by atoms with Crippen molar-refractivity contribution in [2.45, 2.75) is 118 Å². The maximum Gasteiger partial charge on any atom is 0.326 e. The van der Waals surface area contributed by atoms with E-state index in [0.29, 0.717) is 0 Å². The normalized spacial score (nSPS) is 13.1. The summed E-state index contributed by atoms with van der Waals surface area (Å²) in [6.07, 6.45) is 0. The minimum atomic E-state index is -1.03. The maximum atomic E-state index is 13.7. The molecule has 0 N–H and O–H groups in total. The minimum Gasteiger partial charge on any atom is -0.460 e. The van der Waals surface area contributed by atoms with Crippen molar-refractivity contribution >= 4 is 29.8 Å². The van der Waals surface area contributed by atoms with Crippen molar-refractivity contribution in [2.24, 2.45) is 0 Å². The number of rotatable bonds is 23. The predicted octanol–water partition coefficient (Wildman–Crippen LogP) is 4.03. The fourth-order valence-electron chi connectivity index (χ4n) is 5.03. The number of hydrogen-bond acceptors (Lipinski definition) is 15. The van der Waals surface area contributed by atoms with Crippen LogP contribution in [0.5, 0.6) is 0 Å². The average molecular weight is 796 g/mol. The summed E-state index contributed by atoms with van der Waals surface area (Å²) in [5.41, 5.74) is -2.32. The Hall–Kier alpha value is -3.63. The lowest BCUT2D eigenvalue weighted by molar-refractivity contribution is -0.168. The topological polar surface area (TPSA) is 160 Å². The van der Waals surface area contributed by atoms with Gasteiger partial charge in [-0.2, -0.15) is 0 Å². The third-order valence-electron chi connectivity index (χ3n) is 7.16. The monoisotopic (exact) mass is 795 g/mol. The van der Waals surface area contributed by atoms with Gasteiger partial charge in [-0.25, -0.2) is 0 Å². The van der Waals surface area contributed by atoms with Crippen LogP contribution in [0.2, 0.25) is 0 Å². The zero-order valence-corrected chi connectivity index (χ0v) is 36.2. The van der Waals surface area contributed by atoms with Gasteiger partial charge < -0.3 is 33.2 Å². The Morgan fingerprint density at radius 3 is 1.48 bits per heavy atom. The fourth-order valence-corrected chi connectivity index (χ4v) is 5.03. The molecular weight excluding hydrogens is 726 g/mol. The summed E-state index contributed by atoms with van der Waals surface area (Å²) in [4.78, 5) is 71.1. The molecule has 0 aliphatic rings. The van der Waals surface area contributed by atoms with Crippen molar-refractivity contribution in [3.8, 4) is 0 Å². The molecule has 1 atom stereocenters. The highest BCUT2D eigenvalue weighted by atomic mass is 16.6. The van der Waals surface area contributed by atoms with Crippen molar-refractivity contribution in [1.29, 1.82) is 0 Å².